The standard InChI is InChI=1S/C28H56O5S.C12H26O4S.2K.Na.3H/c1-3-5-7-9-11-13-15-17-19-21-23-25-27-32-34(30,31)33-28(29)26-24-22-20-18-16-14-12-10-8-6-4-2;1-2-3-4-5-6-7-8-9-10-11-12-16-17(13,14)15;;;;;;/h3-27H2,1-2H3;2-12H2,1H3,(H,13,14,15);;;;;;/q;;3*+1;3*-1. The molecule has 1 N–H and O–H groups in total. The van der Waals surface area contributed by atoms with E-state index in [1.807, 2.05) is 0 Å². The molecule has 9 nitrogen and oxygen atoms in total. The van der Waals surface area contributed by atoms with Crippen LogP contribution >= 0.6 is 0 Å². The maximum atomic E-state index is 11.8. The Morgan fingerprint density at radius 2 is 0.667 bits per heavy atom. The smallest absolute Gasteiger partial charge is 1.00 e. The monoisotopic (exact) mass is 874 g/mol. The van der Waals surface area contributed by atoms with Gasteiger partial charge in [-0.25, -0.2) is 8.37 Å². The van der Waals surface area contributed by atoms with Crippen LogP contribution in [0.25, 0.3) is 0 Å². The van der Waals surface area contributed by atoms with Crippen molar-refractivity contribution in [2.45, 2.75) is 239 Å². The molecule has 0 fully saturated rings. The quantitative estimate of drug-likeness (QED) is 0.0547. The number of rotatable bonds is 39. The molecule has 14 heteroatoms. The molecule has 0 aromatic heterocycles. The molecule has 0 aromatic rings. The Morgan fingerprint density at radius 3 is 0.944 bits per heavy atom. The predicted molar refractivity (Wildman–Crippen MR) is 216 cm³/mol. The molecule has 0 rings (SSSR count). The summed E-state index contributed by atoms with van der Waals surface area (Å²) in [5, 5.41) is 0. The molecule has 0 heterocycles. The van der Waals surface area contributed by atoms with Gasteiger partial charge in [0.05, 0.1) is 13.2 Å². The van der Waals surface area contributed by atoms with Gasteiger partial charge in [-0.1, -0.05) is 213 Å². The van der Waals surface area contributed by atoms with Crippen LogP contribution in [0.2, 0.25) is 0 Å². The Balaban J connectivity index is -0.000000150. The second-order valence-electron chi connectivity index (χ2n) is 14.3. The average Bonchev–Trinajstić information content (AvgIpc) is 3.07. The normalized spacial score (nSPS) is 11.1. The van der Waals surface area contributed by atoms with E-state index in [0.29, 0.717) is 19.3 Å². The van der Waals surface area contributed by atoms with E-state index in [2.05, 4.69) is 29.1 Å². The topological polar surface area (TPSA) is 133 Å². The Hall–Kier alpha value is 3.52. The fourth-order valence-corrected chi connectivity index (χ4v) is 6.98. The van der Waals surface area contributed by atoms with Crippen LogP contribution in [0.4, 0.5) is 0 Å². The fraction of sp³-hybridized carbons (Fsp3) is 0.975. The van der Waals surface area contributed by atoms with Crippen molar-refractivity contribution in [2.75, 3.05) is 13.2 Å². The molecule has 54 heavy (non-hydrogen) atoms. The van der Waals surface area contributed by atoms with Gasteiger partial charge < -0.3 is 8.46 Å². The molecule has 0 radical (unpaired) electrons. The van der Waals surface area contributed by atoms with E-state index in [4.69, 9.17) is 8.74 Å². The average molecular weight is 875 g/mol. The van der Waals surface area contributed by atoms with Gasteiger partial charge in [0.15, 0.2) is 0 Å². The summed E-state index contributed by atoms with van der Waals surface area (Å²) >= 11 is 0. The predicted octanol–water partition coefficient (Wildman–Crippen LogP) is 4.27. The van der Waals surface area contributed by atoms with E-state index >= 15 is 0 Å². The Bertz CT molecular complexity index is 961. The van der Waals surface area contributed by atoms with Gasteiger partial charge in [0.25, 0.3) is 0 Å². The molecule has 0 aliphatic heterocycles. The second-order valence-corrected chi connectivity index (χ2v) is 16.6. The fourth-order valence-electron chi connectivity index (χ4n) is 5.97. The minimum Gasteiger partial charge on any atom is -1.00 e. The van der Waals surface area contributed by atoms with Crippen LogP contribution in [-0.2, 0) is 38.1 Å². The van der Waals surface area contributed by atoms with Crippen LogP contribution in [0.3, 0.4) is 0 Å². The van der Waals surface area contributed by atoms with Gasteiger partial charge in [0.2, 0.25) is 0 Å². The van der Waals surface area contributed by atoms with E-state index in [9.17, 15) is 21.6 Å². The number of hydrogen-bond acceptors (Lipinski definition) is 8. The van der Waals surface area contributed by atoms with Gasteiger partial charge in [-0.05, 0) is 19.3 Å². The first kappa shape index (κ1) is 66.6. The molecule has 0 unspecified atom stereocenters. The van der Waals surface area contributed by atoms with Crippen LogP contribution in [0.15, 0.2) is 0 Å². The number of carbonyl (C=O) groups is 1. The third-order valence-electron chi connectivity index (χ3n) is 9.14. The van der Waals surface area contributed by atoms with Crippen LogP contribution in [0.5, 0.6) is 0 Å². The summed E-state index contributed by atoms with van der Waals surface area (Å²) in [5.74, 6) is -0.703. The molecule has 0 spiro atoms. The van der Waals surface area contributed by atoms with E-state index in [1.54, 1.807) is 0 Å². The summed E-state index contributed by atoms with van der Waals surface area (Å²) in [6, 6.07) is 0. The van der Waals surface area contributed by atoms with Gasteiger partial charge in [0, 0.05) is 6.42 Å². The van der Waals surface area contributed by atoms with Gasteiger partial charge in [0.1, 0.15) is 0 Å². The number of carbonyl (C=O) groups excluding carboxylic acids is 1. The first-order valence-corrected chi connectivity index (χ1v) is 24.0. The van der Waals surface area contributed by atoms with E-state index in [-0.39, 0.29) is 156 Å². The van der Waals surface area contributed by atoms with Crippen molar-refractivity contribution in [3.05, 3.63) is 0 Å². The van der Waals surface area contributed by atoms with Gasteiger partial charge in [-0.3, -0.25) is 9.35 Å². The molecule has 0 atom stereocenters. The second kappa shape index (κ2) is 52.7. The van der Waals surface area contributed by atoms with Gasteiger partial charge >= 0.3 is 159 Å². The van der Waals surface area contributed by atoms with Crippen molar-refractivity contribution in [3.8, 4) is 0 Å². The van der Waals surface area contributed by atoms with Crippen LogP contribution in [0, 0.1) is 0 Å². The summed E-state index contributed by atoms with van der Waals surface area (Å²) in [6.45, 7) is 6.88. The summed E-state index contributed by atoms with van der Waals surface area (Å²) in [6.07, 6.45) is 39.6. The number of hydrogen-bond donors (Lipinski definition) is 1. The Morgan fingerprint density at radius 1 is 0.426 bits per heavy atom. The minimum atomic E-state index is -4.23. The van der Waals surface area contributed by atoms with E-state index in [1.165, 1.54) is 154 Å². The summed E-state index contributed by atoms with van der Waals surface area (Å²) < 4.78 is 65.9. The molecule has 0 aromatic carbocycles. The van der Waals surface area contributed by atoms with Crippen molar-refractivity contribution < 1.29 is 175 Å². The first-order valence-electron chi connectivity index (χ1n) is 21.3. The van der Waals surface area contributed by atoms with Crippen molar-refractivity contribution in [3.63, 3.8) is 0 Å². The molecule has 0 amide bonds. The van der Waals surface area contributed by atoms with Crippen molar-refractivity contribution in [1.82, 2.24) is 0 Å². The molecule has 0 aliphatic carbocycles. The Kier molecular flexibility index (Phi) is 65.0. The minimum absolute atomic E-state index is 0. The summed E-state index contributed by atoms with van der Waals surface area (Å²) in [4.78, 5) is 11.8. The summed E-state index contributed by atoms with van der Waals surface area (Å²) in [7, 11) is -8.44. The number of unbranched alkanes of at least 4 members (excludes halogenated alkanes) is 30. The molecular formula is C40H85K2NaO9S2. The zero-order chi connectivity index (χ0) is 38.2. The van der Waals surface area contributed by atoms with Crippen LogP contribution < -0.4 is 132 Å². The molecule has 0 bridgehead atoms. The maximum absolute atomic E-state index is 11.8. The zero-order valence-electron chi connectivity index (χ0n) is 39.5. The maximum Gasteiger partial charge on any atom is 1.00 e. The molecule has 314 valence electrons. The van der Waals surface area contributed by atoms with Crippen molar-refractivity contribution in [1.29, 1.82) is 0 Å². The largest absolute Gasteiger partial charge is 1.00 e. The van der Waals surface area contributed by atoms with Crippen LogP contribution in [0.1, 0.15) is 243 Å². The van der Waals surface area contributed by atoms with E-state index < -0.39 is 26.8 Å². The Labute approximate surface area is 447 Å². The third kappa shape index (κ3) is 62.2. The van der Waals surface area contributed by atoms with Gasteiger partial charge in [-0.2, -0.15) is 16.8 Å². The van der Waals surface area contributed by atoms with Crippen molar-refractivity contribution in [2.24, 2.45) is 0 Å². The summed E-state index contributed by atoms with van der Waals surface area (Å²) in [5.41, 5.74) is 0. The van der Waals surface area contributed by atoms with Crippen LogP contribution in [-0.4, -0.2) is 40.6 Å². The zero-order valence-corrected chi connectivity index (χ0v) is 46.4. The third-order valence-corrected chi connectivity index (χ3v) is 10.4. The van der Waals surface area contributed by atoms with Crippen molar-refractivity contribution >= 4 is 26.8 Å². The first-order chi connectivity index (χ1) is 24.6. The molecule has 0 aliphatic rings. The molecule has 0 saturated carbocycles. The van der Waals surface area contributed by atoms with Gasteiger partial charge in [-0.15, -0.1) is 0 Å². The molecule has 0 saturated heterocycles. The SMILES string of the molecule is CCCCCCCCCCCCCCOS(=O)(=O)OC(=O)CCCCCCCCCCCCC.CCCCCCCCCCCCOS(=O)(=O)O.[H-].[H-].[H-].[K+].[K+].[Na+]. The van der Waals surface area contributed by atoms with E-state index in [0.717, 1.165) is 38.5 Å². The molecular weight excluding hydrogens is 790 g/mol.